The number of nitrogens with zero attached hydrogens (tertiary/aromatic N) is 2. The molecule has 0 saturated carbocycles. The van der Waals surface area contributed by atoms with Gasteiger partial charge in [-0.25, -0.2) is 4.98 Å². The van der Waals surface area contributed by atoms with Crippen molar-refractivity contribution in [3.05, 3.63) is 59.1 Å². The first-order valence-electron chi connectivity index (χ1n) is 6.52. The predicted octanol–water partition coefficient (Wildman–Crippen LogP) is 2.92. The molecule has 0 saturated heterocycles. The third kappa shape index (κ3) is 3.15. The molecule has 3 aromatic rings. The molecule has 0 bridgehead atoms. The Morgan fingerprint density at radius 2 is 1.86 bits per heavy atom. The number of benzene rings is 2. The average molecular weight is 331 g/mol. The third-order valence-electron chi connectivity index (χ3n) is 2.99. The standard InChI is InChI=1S/C15H13N3O2S2/c1-11-6-8-12(9-7-11)22(19,20)18-16-10-15-17-13-4-2-3-5-14(13)21-15/h2-10,18H,1H3/b16-10-. The fraction of sp³-hybridized carbons (Fsp3) is 0.0667. The Kier molecular flexibility index (Phi) is 3.91. The lowest BCUT2D eigenvalue weighted by Crippen LogP contribution is -2.18. The van der Waals surface area contributed by atoms with Crippen molar-refractivity contribution in [2.75, 3.05) is 0 Å². The van der Waals surface area contributed by atoms with E-state index in [0.29, 0.717) is 5.01 Å². The van der Waals surface area contributed by atoms with Crippen LogP contribution in [0.3, 0.4) is 0 Å². The zero-order valence-corrected chi connectivity index (χ0v) is 13.4. The van der Waals surface area contributed by atoms with Crippen LogP contribution in [-0.2, 0) is 10.0 Å². The molecule has 22 heavy (non-hydrogen) atoms. The summed E-state index contributed by atoms with van der Waals surface area (Å²) in [5.74, 6) is 0. The SMILES string of the molecule is Cc1ccc(S(=O)(=O)N/N=C\c2nc3ccccc3s2)cc1. The van der Waals surface area contributed by atoms with Crippen molar-refractivity contribution in [1.82, 2.24) is 9.82 Å². The Hall–Kier alpha value is -2.25. The Morgan fingerprint density at radius 1 is 1.14 bits per heavy atom. The predicted molar refractivity (Wildman–Crippen MR) is 88.7 cm³/mol. The highest BCUT2D eigenvalue weighted by atomic mass is 32.2. The van der Waals surface area contributed by atoms with Gasteiger partial charge in [0.25, 0.3) is 10.0 Å². The Balaban J connectivity index is 1.77. The normalized spacial score (nSPS) is 12.0. The monoisotopic (exact) mass is 331 g/mol. The van der Waals surface area contributed by atoms with Crippen LogP contribution < -0.4 is 4.83 Å². The molecule has 0 atom stereocenters. The summed E-state index contributed by atoms with van der Waals surface area (Å²) >= 11 is 1.45. The summed E-state index contributed by atoms with van der Waals surface area (Å²) < 4.78 is 25.2. The van der Waals surface area contributed by atoms with Gasteiger partial charge in [-0.3, -0.25) is 0 Å². The highest BCUT2D eigenvalue weighted by molar-refractivity contribution is 7.89. The maximum atomic E-state index is 12.1. The van der Waals surface area contributed by atoms with Crippen LogP contribution in [0.2, 0.25) is 0 Å². The smallest absolute Gasteiger partial charge is 0.235 e. The Morgan fingerprint density at radius 3 is 2.59 bits per heavy atom. The number of hydrazone groups is 1. The summed E-state index contributed by atoms with van der Waals surface area (Å²) in [4.78, 5) is 6.73. The van der Waals surface area contributed by atoms with Crippen LogP contribution in [0.1, 0.15) is 10.6 Å². The van der Waals surface area contributed by atoms with Crippen LogP contribution in [0.4, 0.5) is 0 Å². The van der Waals surface area contributed by atoms with Crippen molar-refractivity contribution in [2.24, 2.45) is 5.10 Å². The van der Waals surface area contributed by atoms with Gasteiger partial charge in [0.2, 0.25) is 0 Å². The lowest BCUT2D eigenvalue weighted by atomic mass is 10.2. The minimum atomic E-state index is -3.65. The topological polar surface area (TPSA) is 71.4 Å². The zero-order valence-electron chi connectivity index (χ0n) is 11.7. The second-order valence-electron chi connectivity index (χ2n) is 4.69. The molecule has 0 spiro atoms. The number of thiazole rings is 1. The first-order valence-corrected chi connectivity index (χ1v) is 8.82. The molecule has 1 aromatic heterocycles. The van der Waals surface area contributed by atoms with E-state index in [4.69, 9.17) is 0 Å². The lowest BCUT2D eigenvalue weighted by molar-refractivity contribution is 0.584. The number of hydrogen-bond acceptors (Lipinski definition) is 5. The summed E-state index contributed by atoms with van der Waals surface area (Å²) in [7, 11) is -3.65. The van der Waals surface area contributed by atoms with Crippen molar-refractivity contribution in [1.29, 1.82) is 0 Å². The molecule has 112 valence electrons. The Labute approximate surface area is 132 Å². The van der Waals surface area contributed by atoms with Crippen LogP contribution >= 0.6 is 11.3 Å². The maximum Gasteiger partial charge on any atom is 0.276 e. The van der Waals surface area contributed by atoms with E-state index in [-0.39, 0.29) is 4.90 Å². The van der Waals surface area contributed by atoms with Crippen molar-refractivity contribution >= 4 is 37.8 Å². The van der Waals surface area contributed by atoms with E-state index in [9.17, 15) is 8.42 Å². The fourth-order valence-electron chi connectivity index (χ4n) is 1.87. The van der Waals surface area contributed by atoms with E-state index in [1.165, 1.54) is 17.6 Å². The van der Waals surface area contributed by atoms with E-state index in [0.717, 1.165) is 15.8 Å². The van der Waals surface area contributed by atoms with Crippen LogP contribution in [0, 0.1) is 6.92 Å². The quantitative estimate of drug-likeness (QED) is 0.590. The number of nitrogens with one attached hydrogen (secondary N) is 1. The van der Waals surface area contributed by atoms with E-state index in [1.54, 1.807) is 24.3 Å². The van der Waals surface area contributed by atoms with Gasteiger partial charge in [0.05, 0.1) is 21.3 Å². The first-order chi connectivity index (χ1) is 10.5. The van der Waals surface area contributed by atoms with E-state index in [1.807, 2.05) is 31.2 Å². The van der Waals surface area contributed by atoms with E-state index >= 15 is 0 Å². The minimum Gasteiger partial charge on any atom is -0.235 e. The van der Waals surface area contributed by atoms with Gasteiger partial charge in [0.15, 0.2) is 0 Å². The maximum absolute atomic E-state index is 12.1. The van der Waals surface area contributed by atoms with Crippen molar-refractivity contribution in [3.8, 4) is 0 Å². The average Bonchev–Trinajstić information content (AvgIpc) is 2.90. The molecule has 3 rings (SSSR count). The summed E-state index contributed by atoms with van der Waals surface area (Å²) in [6.45, 7) is 1.90. The van der Waals surface area contributed by atoms with Crippen LogP contribution in [0.5, 0.6) is 0 Å². The van der Waals surface area contributed by atoms with Gasteiger partial charge in [-0.1, -0.05) is 29.8 Å². The molecule has 0 fully saturated rings. The van der Waals surface area contributed by atoms with Gasteiger partial charge in [-0.05, 0) is 31.2 Å². The molecule has 2 aromatic carbocycles. The number of fused-ring (bicyclic) bond motifs is 1. The second kappa shape index (κ2) is 5.86. The molecule has 0 amide bonds. The molecular formula is C15H13N3O2S2. The number of sulfonamides is 1. The second-order valence-corrected chi connectivity index (χ2v) is 7.41. The highest BCUT2D eigenvalue weighted by Gasteiger charge is 2.11. The lowest BCUT2D eigenvalue weighted by Gasteiger charge is -2.02. The zero-order chi connectivity index (χ0) is 15.6. The third-order valence-corrected chi connectivity index (χ3v) is 5.20. The summed E-state index contributed by atoms with van der Waals surface area (Å²) in [6.07, 6.45) is 1.41. The minimum absolute atomic E-state index is 0.180. The number of rotatable bonds is 4. The molecule has 7 heteroatoms. The molecule has 1 heterocycles. The molecule has 0 aliphatic heterocycles. The number of aromatic nitrogens is 1. The largest absolute Gasteiger partial charge is 0.276 e. The van der Waals surface area contributed by atoms with Crippen molar-refractivity contribution in [2.45, 2.75) is 11.8 Å². The summed E-state index contributed by atoms with van der Waals surface area (Å²) in [6, 6.07) is 14.3. The molecular weight excluding hydrogens is 318 g/mol. The van der Waals surface area contributed by atoms with Crippen LogP contribution in [-0.4, -0.2) is 19.6 Å². The number of hydrogen-bond donors (Lipinski definition) is 1. The van der Waals surface area contributed by atoms with Crippen molar-refractivity contribution in [3.63, 3.8) is 0 Å². The van der Waals surface area contributed by atoms with Crippen LogP contribution in [0.25, 0.3) is 10.2 Å². The van der Waals surface area contributed by atoms with E-state index < -0.39 is 10.0 Å². The van der Waals surface area contributed by atoms with Crippen molar-refractivity contribution < 1.29 is 8.42 Å². The molecule has 0 aliphatic rings. The van der Waals surface area contributed by atoms with Crippen LogP contribution in [0.15, 0.2) is 58.5 Å². The molecule has 0 radical (unpaired) electrons. The first kappa shape index (κ1) is 14.7. The summed E-state index contributed by atoms with van der Waals surface area (Å²) in [5, 5.41) is 4.44. The summed E-state index contributed by atoms with van der Waals surface area (Å²) in [5.41, 5.74) is 1.87. The van der Waals surface area contributed by atoms with Gasteiger partial charge in [0.1, 0.15) is 5.01 Å². The van der Waals surface area contributed by atoms with Gasteiger partial charge in [-0.2, -0.15) is 18.4 Å². The molecule has 5 nitrogen and oxygen atoms in total. The number of aryl methyl sites for hydroxylation is 1. The number of para-hydroxylation sites is 1. The van der Waals surface area contributed by atoms with E-state index in [2.05, 4.69) is 14.9 Å². The Bertz CT molecular complexity index is 896. The van der Waals surface area contributed by atoms with Gasteiger partial charge < -0.3 is 0 Å². The highest BCUT2D eigenvalue weighted by Crippen LogP contribution is 2.20. The fourth-order valence-corrected chi connectivity index (χ4v) is 3.50. The molecule has 0 aliphatic carbocycles. The van der Waals surface area contributed by atoms with Gasteiger partial charge >= 0.3 is 0 Å². The van der Waals surface area contributed by atoms with Gasteiger partial charge in [-0.15, -0.1) is 11.3 Å². The molecule has 0 unspecified atom stereocenters. The molecule has 1 N–H and O–H groups in total. The van der Waals surface area contributed by atoms with Gasteiger partial charge in [0, 0.05) is 0 Å².